The van der Waals surface area contributed by atoms with Crippen molar-refractivity contribution in [3.63, 3.8) is 0 Å². The Labute approximate surface area is 70.7 Å². The summed E-state index contributed by atoms with van der Waals surface area (Å²) in [6.07, 6.45) is 1.53. The first-order valence-corrected chi connectivity index (χ1v) is 3.41. The average Bonchev–Trinajstić information content (AvgIpc) is 2.17. The van der Waals surface area contributed by atoms with Crippen molar-refractivity contribution in [3.05, 3.63) is 23.9 Å². The number of aromatic nitrogens is 1. The molecule has 0 spiro atoms. The van der Waals surface area contributed by atoms with Gasteiger partial charge in [-0.25, -0.2) is 4.98 Å². The van der Waals surface area contributed by atoms with Crippen molar-refractivity contribution in [1.29, 1.82) is 5.41 Å². The molecule has 0 aliphatic carbocycles. The molecule has 0 saturated carbocycles. The summed E-state index contributed by atoms with van der Waals surface area (Å²) in [5.41, 5.74) is 0.637. The maximum atomic E-state index is 7.30. The van der Waals surface area contributed by atoms with Gasteiger partial charge in [-0.15, -0.1) is 0 Å². The minimum Gasteiger partial charge on any atom is -0.481 e. The lowest BCUT2D eigenvalue weighted by atomic mass is 10.3. The Kier molecular flexibility index (Phi) is 2.63. The van der Waals surface area contributed by atoms with Crippen molar-refractivity contribution in [2.24, 2.45) is 0 Å². The molecule has 64 valence electrons. The highest BCUT2D eigenvalue weighted by molar-refractivity contribution is 5.91. The standard InChI is InChI=1S/C8H10N2O2/c1-11-7-4-3-6(5-10-7)8(9)12-2/h3-5,9H,1-2H3. The van der Waals surface area contributed by atoms with E-state index in [4.69, 9.17) is 14.9 Å². The van der Waals surface area contributed by atoms with Gasteiger partial charge in [-0.3, -0.25) is 5.41 Å². The minimum atomic E-state index is 0.102. The Hall–Kier alpha value is -1.58. The van der Waals surface area contributed by atoms with E-state index in [1.54, 1.807) is 19.2 Å². The highest BCUT2D eigenvalue weighted by atomic mass is 16.5. The fourth-order valence-corrected chi connectivity index (χ4v) is 0.753. The monoisotopic (exact) mass is 166 g/mol. The summed E-state index contributed by atoms with van der Waals surface area (Å²) in [4.78, 5) is 3.92. The lowest BCUT2D eigenvalue weighted by Gasteiger charge is -2.02. The SMILES string of the molecule is COC(=N)c1ccc(OC)nc1. The number of nitrogens with zero attached hydrogens (tertiary/aromatic N) is 1. The fourth-order valence-electron chi connectivity index (χ4n) is 0.753. The van der Waals surface area contributed by atoms with Crippen molar-refractivity contribution in [2.45, 2.75) is 0 Å². The van der Waals surface area contributed by atoms with Crippen LogP contribution in [-0.4, -0.2) is 25.1 Å². The zero-order valence-electron chi connectivity index (χ0n) is 7.00. The molecule has 12 heavy (non-hydrogen) atoms. The zero-order valence-corrected chi connectivity index (χ0v) is 7.00. The third kappa shape index (κ3) is 1.72. The van der Waals surface area contributed by atoms with Crippen LogP contribution in [0.25, 0.3) is 0 Å². The van der Waals surface area contributed by atoms with Crippen molar-refractivity contribution >= 4 is 5.90 Å². The quantitative estimate of drug-likeness (QED) is 0.528. The molecule has 0 aromatic carbocycles. The van der Waals surface area contributed by atoms with Crippen molar-refractivity contribution in [1.82, 2.24) is 4.98 Å². The van der Waals surface area contributed by atoms with E-state index in [2.05, 4.69) is 4.98 Å². The highest BCUT2D eigenvalue weighted by Gasteiger charge is 2.00. The predicted molar refractivity (Wildman–Crippen MR) is 44.6 cm³/mol. The maximum absolute atomic E-state index is 7.30. The van der Waals surface area contributed by atoms with E-state index < -0.39 is 0 Å². The van der Waals surface area contributed by atoms with E-state index >= 15 is 0 Å². The lowest BCUT2D eigenvalue weighted by molar-refractivity contribution is 0.394. The first kappa shape index (κ1) is 8.52. The normalized spacial score (nSPS) is 9.17. The van der Waals surface area contributed by atoms with Crippen LogP contribution < -0.4 is 4.74 Å². The van der Waals surface area contributed by atoms with Crippen LogP contribution in [0.3, 0.4) is 0 Å². The Morgan fingerprint density at radius 1 is 1.42 bits per heavy atom. The topological polar surface area (TPSA) is 55.2 Å². The smallest absolute Gasteiger partial charge is 0.214 e. The van der Waals surface area contributed by atoms with Gasteiger partial charge in [0.2, 0.25) is 11.8 Å². The number of hydrogen-bond acceptors (Lipinski definition) is 4. The lowest BCUT2D eigenvalue weighted by Crippen LogP contribution is -2.01. The zero-order chi connectivity index (χ0) is 8.97. The van der Waals surface area contributed by atoms with E-state index in [1.165, 1.54) is 13.3 Å². The molecule has 0 bridgehead atoms. The van der Waals surface area contributed by atoms with Gasteiger partial charge in [-0.1, -0.05) is 0 Å². The second kappa shape index (κ2) is 3.71. The molecule has 1 aromatic rings. The number of pyridine rings is 1. The average molecular weight is 166 g/mol. The molecular formula is C8H10N2O2. The molecule has 0 amide bonds. The molecule has 1 N–H and O–H groups in total. The summed E-state index contributed by atoms with van der Waals surface area (Å²) < 4.78 is 9.57. The van der Waals surface area contributed by atoms with Crippen molar-refractivity contribution in [3.8, 4) is 5.88 Å². The summed E-state index contributed by atoms with van der Waals surface area (Å²) in [5, 5.41) is 7.30. The van der Waals surface area contributed by atoms with Crippen LogP contribution >= 0.6 is 0 Å². The number of rotatable bonds is 2. The van der Waals surface area contributed by atoms with Gasteiger partial charge in [-0.05, 0) is 6.07 Å². The third-order valence-electron chi connectivity index (χ3n) is 1.41. The van der Waals surface area contributed by atoms with Crippen LogP contribution in [0.4, 0.5) is 0 Å². The van der Waals surface area contributed by atoms with Crippen LogP contribution in [0.2, 0.25) is 0 Å². The van der Waals surface area contributed by atoms with Gasteiger partial charge >= 0.3 is 0 Å². The fraction of sp³-hybridized carbons (Fsp3) is 0.250. The van der Waals surface area contributed by atoms with Crippen LogP contribution in [0.1, 0.15) is 5.56 Å². The molecule has 0 aliphatic rings. The number of nitrogens with one attached hydrogen (secondary N) is 1. The van der Waals surface area contributed by atoms with Gasteiger partial charge < -0.3 is 9.47 Å². The molecule has 0 atom stereocenters. The number of hydrogen-bond donors (Lipinski definition) is 1. The van der Waals surface area contributed by atoms with Crippen LogP contribution in [0.15, 0.2) is 18.3 Å². The molecule has 0 unspecified atom stereocenters. The first-order chi connectivity index (χ1) is 5.77. The molecule has 4 nitrogen and oxygen atoms in total. The van der Waals surface area contributed by atoms with Gasteiger partial charge in [-0.2, -0.15) is 0 Å². The van der Waals surface area contributed by atoms with Crippen LogP contribution in [0.5, 0.6) is 5.88 Å². The molecule has 0 fully saturated rings. The van der Waals surface area contributed by atoms with E-state index in [9.17, 15) is 0 Å². The second-order valence-corrected chi connectivity index (χ2v) is 2.12. The Bertz CT molecular complexity index is 269. The van der Waals surface area contributed by atoms with Gasteiger partial charge in [0.1, 0.15) is 0 Å². The van der Waals surface area contributed by atoms with Gasteiger partial charge in [0.05, 0.1) is 19.8 Å². The minimum absolute atomic E-state index is 0.102. The van der Waals surface area contributed by atoms with Gasteiger partial charge in [0, 0.05) is 12.3 Å². The molecule has 1 rings (SSSR count). The van der Waals surface area contributed by atoms with Crippen molar-refractivity contribution in [2.75, 3.05) is 14.2 Å². The molecule has 0 saturated heterocycles. The van der Waals surface area contributed by atoms with E-state index in [1.807, 2.05) is 0 Å². The summed E-state index contributed by atoms with van der Waals surface area (Å²) in [6.45, 7) is 0. The molecule has 1 heterocycles. The first-order valence-electron chi connectivity index (χ1n) is 3.41. The van der Waals surface area contributed by atoms with E-state index in [0.29, 0.717) is 11.4 Å². The summed E-state index contributed by atoms with van der Waals surface area (Å²) >= 11 is 0. The van der Waals surface area contributed by atoms with E-state index in [0.717, 1.165) is 0 Å². The molecular weight excluding hydrogens is 156 g/mol. The molecule has 1 aromatic heterocycles. The summed E-state index contributed by atoms with van der Waals surface area (Å²) in [6, 6.07) is 3.40. The Morgan fingerprint density at radius 2 is 2.17 bits per heavy atom. The molecule has 0 aliphatic heterocycles. The van der Waals surface area contributed by atoms with Crippen molar-refractivity contribution < 1.29 is 9.47 Å². The summed E-state index contributed by atoms with van der Waals surface area (Å²) in [5.74, 6) is 0.632. The molecule has 0 radical (unpaired) electrons. The Balaban J connectivity index is 2.84. The highest BCUT2D eigenvalue weighted by Crippen LogP contribution is 2.06. The second-order valence-electron chi connectivity index (χ2n) is 2.12. The third-order valence-corrected chi connectivity index (χ3v) is 1.41. The number of ether oxygens (including phenoxy) is 2. The van der Waals surface area contributed by atoms with Gasteiger partial charge in [0.15, 0.2) is 0 Å². The Morgan fingerprint density at radius 3 is 2.58 bits per heavy atom. The molecule has 4 heteroatoms. The summed E-state index contributed by atoms with van der Waals surface area (Å²) in [7, 11) is 3.00. The number of methoxy groups -OCH3 is 2. The van der Waals surface area contributed by atoms with Gasteiger partial charge in [0.25, 0.3) is 0 Å². The van der Waals surface area contributed by atoms with Crippen LogP contribution in [0, 0.1) is 5.41 Å². The largest absolute Gasteiger partial charge is 0.481 e. The van der Waals surface area contributed by atoms with E-state index in [-0.39, 0.29) is 5.90 Å². The predicted octanol–water partition coefficient (Wildman–Crippen LogP) is 1.06. The van der Waals surface area contributed by atoms with Crippen LogP contribution in [-0.2, 0) is 4.74 Å². The maximum Gasteiger partial charge on any atom is 0.214 e.